The van der Waals surface area contributed by atoms with E-state index in [1.807, 2.05) is 24.4 Å². The van der Waals surface area contributed by atoms with Crippen LogP contribution in [0.1, 0.15) is 20.3 Å². The number of halogens is 1. The van der Waals surface area contributed by atoms with Crippen LogP contribution in [0.3, 0.4) is 0 Å². The molecular weight excluding hydrogens is 317 g/mol. The molecule has 2 aromatic rings. The Balaban J connectivity index is 1.56. The Morgan fingerprint density at radius 3 is 2.40 bits per heavy atom. The highest BCUT2D eigenvalue weighted by molar-refractivity contribution is 5.50. The topological polar surface area (TPSA) is 44.3 Å². The van der Waals surface area contributed by atoms with E-state index in [1.54, 1.807) is 0 Å². The van der Waals surface area contributed by atoms with Crippen LogP contribution in [0, 0.1) is 11.7 Å². The summed E-state index contributed by atoms with van der Waals surface area (Å²) in [6.07, 6.45) is 2.91. The maximum absolute atomic E-state index is 13.1. The number of rotatable bonds is 6. The van der Waals surface area contributed by atoms with Crippen LogP contribution in [-0.4, -0.2) is 42.7 Å². The molecule has 1 aliphatic heterocycles. The number of nitrogens with one attached hydrogen (secondary N) is 1. The van der Waals surface area contributed by atoms with Crippen molar-refractivity contribution in [2.45, 2.75) is 20.3 Å². The van der Waals surface area contributed by atoms with E-state index in [4.69, 9.17) is 0 Å². The van der Waals surface area contributed by atoms with E-state index in [-0.39, 0.29) is 5.82 Å². The molecule has 0 amide bonds. The maximum atomic E-state index is 13.1. The van der Waals surface area contributed by atoms with E-state index in [2.05, 4.69) is 38.9 Å². The van der Waals surface area contributed by atoms with Gasteiger partial charge in [-0.25, -0.2) is 9.37 Å². The first-order valence-corrected chi connectivity index (χ1v) is 8.94. The minimum absolute atomic E-state index is 0.194. The molecule has 1 N–H and O–H groups in total. The zero-order valence-corrected chi connectivity index (χ0v) is 15.0. The fraction of sp³-hybridized carbons (Fsp3) is 0.474. The summed E-state index contributed by atoms with van der Waals surface area (Å²) >= 11 is 0. The molecule has 3 rings (SSSR count). The molecule has 1 saturated heterocycles. The Morgan fingerprint density at radius 2 is 1.72 bits per heavy atom. The van der Waals surface area contributed by atoms with Gasteiger partial charge in [0.1, 0.15) is 11.6 Å². The largest absolute Gasteiger partial charge is 0.368 e. The number of hydrogen-bond donors (Lipinski definition) is 1. The Hall–Kier alpha value is -2.37. The first-order chi connectivity index (χ1) is 12.1. The zero-order chi connectivity index (χ0) is 17.6. The van der Waals surface area contributed by atoms with Gasteiger partial charge in [-0.3, -0.25) is 0 Å². The van der Waals surface area contributed by atoms with Crippen molar-refractivity contribution in [2.75, 3.05) is 47.8 Å². The van der Waals surface area contributed by atoms with Crippen LogP contribution in [0.2, 0.25) is 0 Å². The van der Waals surface area contributed by atoms with Gasteiger partial charge in [-0.2, -0.15) is 4.98 Å². The van der Waals surface area contributed by atoms with Gasteiger partial charge in [0.15, 0.2) is 0 Å². The van der Waals surface area contributed by atoms with Crippen LogP contribution < -0.4 is 15.1 Å². The summed E-state index contributed by atoms with van der Waals surface area (Å²) < 4.78 is 13.1. The lowest BCUT2D eigenvalue weighted by Crippen LogP contribution is -2.46. The Kier molecular flexibility index (Phi) is 5.68. The second-order valence-electron chi connectivity index (χ2n) is 6.80. The number of benzene rings is 1. The number of aromatic nitrogens is 2. The fourth-order valence-corrected chi connectivity index (χ4v) is 2.93. The Labute approximate surface area is 148 Å². The summed E-state index contributed by atoms with van der Waals surface area (Å²) in [4.78, 5) is 13.5. The van der Waals surface area contributed by atoms with Crippen LogP contribution in [0.15, 0.2) is 36.5 Å². The molecule has 0 bridgehead atoms. The van der Waals surface area contributed by atoms with Crippen molar-refractivity contribution in [1.82, 2.24) is 9.97 Å². The predicted octanol–water partition coefficient (Wildman–Crippen LogP) is 3.40. The van der Waals surface area contributed by atoms with Crippen LogP contribution in [-0.2, 0) is 0 Å². The molecule has 2 heterocycles. The van der Waals surface area contributed by atoms with Crippen molar-refractivity contribution < 1.29 is 4.39 Å². The summed E-state index contributed by atoms with van der Waals surface area (Å²) in [6, 6.07) is 8.67. The Bertz CT molecular complexity index is 666. The quantitative estimate of drug-likeness (QED) is 0.871. The molecule has 0 radical (unpaired) electrons. The normalized spacial score (nSPS) is 14.9. The molecule has 1 aliphatic rings. The molecule has 0 atom stereocenters. The maximum Gasteiger partial charge on any atom is 0.224 e. The monoisotopic (exact) mass is 343 g/mol. The van der Waals surface area contributed by atoms with Crippen LogP contribution in [0.5, 0.6) is 0 Å². The van der Waals surface area contributed by atoms with Gasteiger partial charge in [-0.15, -0.1) is 0 Å². The number of anilines is 3. The third-order valence-electron chi connectivity index (χ3n) is 4.44. The van der Waals surface area contributed by atoms with Gasteiger partial charge in [-0.1, -0.05) is 13.8 Å². The van der Waals surface area contributed by atoms with E-state index >= 15 is 0 Å². The third-order valence-corrected chi connectivity index (χ3v) is 4.44. The van der Waals surface area contributed by atoms with Crippen molar-refractivity contribution >= 4 is 17.5 Å². The summed E-state index contributed by atoms with van der Waals surface area (Å²) in [5.74, 6) is 2.12. The minimum Gasteiger partial charge on any atom is -0.368 e. The number of hydrogen-bond acceptors (Lipinski definition) is 5. The van der Waals surface area contributed by atoms with Gasteiger partial charge in [0, 0.05) is 44.6 Å². The minimum atomic E-state index is -0.194. The molecule has 1 aromatic carbocycles. The molecular formula is C19H26FN5. The highest BCUT2D eigenvalue weighted by Gasteiger charge is 2.18. The van der Waals surface area contributed by atoms with Crippen LogP contribution >= 0.6 is 0 Å². The first-order valence-electron chi connectivity index (χ1n) is 8.94. The van der Waals surface area contributed by atoms with Crippen molar-refractivity contribution in [1.29, 1.82) is 0 Å². The Morgan fingerprint density at radius 1 is 1.04 bits per heavy atom. The number of piperazine rings is 1. The molecule has 0 aliphatic carbocycles. The summed E-state index contributed by atoms with van der Waals surface area (Å²) in [5.41, 5.74) is 1.07. The van der Waals surface area contributed by atoms with Crippen LogP contribution in [0.25, 0.3) is 0 Å². The van der Waals surface area contributed by atoms with Gasteiger partial charge >= 0.3 is 0 Å². The highest BCUT2D eigenvalue weighted by Crippen LogP contribution is 2.20. The summed E-state index contributed by atoms with van der Waals surface area (Å²) in [6.45, 7) is 8.87. The lowest BCUT2D eigenvalue weighted by molar-refractivity contribution is 0.605. The first kappa shape index (κ1) is 17.5. The molecule has 1 fully saturated rings. The SMILES string of the molecule is CC(C)CCNc1nccc(N2CCN(c3ccc(F)cc3)CC2)n1. The van der Waals surface area contributed by atoms with Crippen molar-refractivity contribution in [2.24, 2.45) is 5.92 Å². The molecule has 25 heavy (non-hydrogen) atoms. The van der Waals surface area contributed by atoms with Gasteiger partial charge < -0.3 is 15.1 Å². The van der Waals surface area contributed by atoms with Gasteiger partial charge in [0.25, 0.3) is 0 Å². The lowest BCUT2D eigenvalue weighted by Gasteiger charge is -2.36. The van der Waals surface area contributed by atoms with E-state index in [1.165, 1.54) is 12.1 Å². The molecule has 0 unspecified atom stereocenters. The second-order valence-corrected chi connectivity index (χ2v) is 6.80. The van der Waals surface area contributed by atoms with Gasteiger partial charge in [0.2, 0.25) is 5.95 Å². The molecule has 0 saturated carbocycles. The standard InChI is InChI=1S/C19H26FN5/c1-15(2)7-9-21-19-22-10-8-18(23-19)25-13-11-24(12-14-25)17-5-3-16(20)4-6-17/h3-6,8,10,15H,7,9,11-14H2,1-2H3,(H,21,22,23). The van der Waals surface area contributed by atoms with Crippen molar-refractivity contribution in [3.05, 3.63) is 42.3 Å². The van der Waals surface area contributed by atoms with E-state index in [0.29, 0.717) is 11.9 Å². The molecule has 5 nitrogen and oxygen atoms in total. The summed E-state index contributed by atoms with van der Waals surface area (Å²) in [7, 11) is 0. The zero-order valence-electron chi connectivity index (χ0n) is 15.0. The average molecular weight is 343 g/mol. The fourth-order valence-electron chi connectivity index (χ4n) is 2.93. The predicted molar refractivity (Wildman–Crippen MR) is 101 cm³/mol. The average Bonchev–Trinajstić information content (AvgIpc) is 2.62. The van der Waals surface area contributed by atoms with Crippen molar-refractivity contribution in [3.63, 3.8) is 0 Å². The second kappa shape index (κ2) is 8.14. The van der Waals surface area contributed by atoms with Gasteiger partial charge in [0.05, 0.1) is 0 Å². The third kappa shape index (κ3) is 4.81. The summed E-state index contributed by atoms with van der Waals surface area (Å²) in [5, 5.41) is 3.30. The van der Waals surface area contributed by atoms with E-state index < -0.39 is 0 Å². The van der Waals surface area contributed by atoms with E-state index in [9.17, 15) is 4.39 Å². The smallest absolute Gasteiger partial charge is 0.224 e. The van der Waals surface area contributed by atoms with Crippen LogP contribution in [0.4, 0.5) is 21.8 Å². The van der Waals surface area contributed by atoms with Gasteiger partial charge in [-0.05, 0) is 42.7 Å². The highest BCUT2D eigenvalue weighted by atomic mass is 19.1. The molecule has 0 spiro atoms. The van der Waals surface area contributed by atoms with E-state index in [0.717, 1.165) is 50.6 Å². The molecule has 134 valence electrons. The lowest BCUT2D eigenvalue weighted by atomic mass is 10.1. The molecule has 1 aromatic heterocycles. The number of nitrogens with zero attached hydrogens (tertiary/aromatic N) is 4. The molecule has 6 heteroatoms. The van der Waals surface area contributed by atoms with Crippen molar-refractivity contribution in [3.8, 4) is 0 Å².